The highest BCUT2D eigenvalue weighted by Gasteiger charge is 2.10. The number of hydrogen-bond donors (Lipinski definition) is 2. The van der Waals surface area contributed by atoms with Gasteiger partial charge in [0.05, 0.1) is 11.1 Å². The lowest BCUT2D eigenvalue weighted by Crippen LogP contribution is -2.12. The van der Waals surface area contributed by atoms with Gasteiger partial charge in [-0.3, -0.25) is 0 Å². The lowest BCUT2D eigenvalue weighted by atomic mass is 10.2. The van der Waals surface area contributed by atoms with Crippen molar-refractivity contribution in [3.8, 4) is 5.88 Å². The van der Waals surface area contributed by atoms with Crippen LogP contribution in [-0.2, 0) is 6.54 Å². The van der Waals surface area contributed by atoms with Crippen molar-refractivity contribution < 1.29 is 9.13 Å². The Morgan fingerprint density at radius 1 is 1.38 bits per heavy atom. The van der Waals surface area contributed by atoms with Gasteiger partial charge in [0.15, 0.2) is 5.82 Å². The fraction of sp³-hybridized carbons (Fsp3) is 0.286. The highest BCUT2D eigenvalue weighted by molar-refractivity contribution is 6.30. The molecule has 0 saturated heterocycles. The van der Waals surface area contributed by atoms with E-state index in [2.05, 4.69) is 15.3 Å². The average Bonchev–Trinajstić information content (AvgIpc) is 2.43. The zero-order valence-corrected chi connectivity index (χ0v) is 12.5. The molecule has 0 atom stereocenters. The molecule has 112 valence electrons. The normalized spacial score (nSPS) is 10.7. The summed E-state index contributed by atoms with van der Waals surface area (Å²) in [5.74, 6) is 0.343. The van der Waals surface area contributed by atoms with Gasteiger partial charge in [-0.1, -0.05) is 17.7 Å². The van der Waals surface area contributed by atoms with Gasteiger partial charge in [0.2, 0.25) is 5.88 Å². The molecule has 2 rings (SSSR count). The minimum Gasteiger partial charge on any atom is -0.473 e. The molecule has 7 heteroatoms. The molecule has 21 heavy (non-hydrogen) atoms. The molecule has 0 aliphatic heterocycles. The van der Waals surface area contributed by atoms with Crippen LogP contribution in [0.4, 0.5) is 15.9 Å². The maximum absolute atomic E-state index is 13.1. The first kappa shape index (κ1) is 15.3. The van der Waals surface area contributed by atoms with Crippen molar-refractivity contribution in [2.24, 2.45) is 0 Å². The summed E-state index contributed by atoms with van der Waals surface area (Å²) >= 11 is 5.74. The highest BCUT2D eigenvalue weighted by Crippen LogP contribution is 2.26. The van der Waals surface area contributed by atoms with Crippen LogP contribution >= 0.6 is 11.6 Å². The summed E-state index contributed by atoms with van der Waals surface area (Å²) in [4.78, 5) is 8.06. The Balaban J connectivity index is 2.11. The second-order valence-electron chi connectivity index (χ2n) is 4.71. The summed E-state index contributed by atoms with van der Waals surface area (Å²) in [6, 6.07) is 4.50. The maximum Gasteiger partial charge on any atom is 0.242 e. The van der Waals surface area contributed by atoms with Crippen molar-refractivity contribution in [2.75, 3.05) is 11.1 Å². The zero-order valence-electron chi connectivity index (χ0n) is 11.7. The minimum absolute atomic E-state index is 0.0362. The van der Waals surface area contributed by atoms with Crippen LogP contribution in [0.5, 0.6) is 5.88 Å². The monoisotopic (exact) mass is 310 g/mol. The second kappa shape index (κ2) is 6.58. The molecule has 0 fully saturated rings. The van der Waals surface area contributed by atoms with Gasteiger partial charge in [-0.05, 0) is 31.5 Å². The number of benzene rings is 1. The van der Waals surface area contributed by atoms with Gasteiger partial charge >= 0.3 is 0 Å². The second-order valence-corrected chi connectivity index (χ2v) is 5.12. The van der Waals surface area contributed by atoms with Crippen LogP contribution in [0.15, 0.2) is 24.5 Å². The number of anilines is 2. The molecule has 0 bridgehead atoms. The first-order valence-electron chi connectivity index (χ1n) is 6.42. The number of nitrogen functional groups attached to an aromatic ring is 1. The quantitative estimate of drug-likeness (QED) is 0.887. The van der Waals surface area contributed by atoms with Gasteiger partial charge in [-0.2, -0.15) is 4.98 Å². The highest BCUT2D eigenvalue weighted by atomic mass is 35.5. The molecule has 5 nitrogen and oxygen atoms in total. The molecule has 1 aromatic heterocycles. The Hall–Kier alpha value is -2.08. The molecule has 0 spiro atoms. The molecule has 0 aliphatic rings. The number of hydrogen-bond acceptors (Lipinski definition) is 5. The van der Waals surface area contributed by atoms with E-state index < -0.39 is 5.82 Å². The Morgan fingerprint density at radius 2 is 2.14 bits per heavy atom. The van der Waals surface area contributed by atoms with Gasteiger partial charge in [0.25, 0.3) is 0 Å². The molecule has 0 unspecified atom stereocenters. The van der Waals surface area contributed by atoms with Crippen molar-refractivity contribution in [3.05, 3.63) is 40.9 Å². The van der Waals surface area contributed by atoms with Gasteiger partial charge in [-0.15, -0.1) is 0 Å². The summed E-state index contributed by atoms with van der Waals surface area (Å²) < 4.78 is 18.6. The average molecular weight is 311 g/mol. The summed E-state index contributed by atoms with van der Waals surface area (Å²) in [5.41, 5.74) is 7.09. The Bertz CT molecular complexity index is 636. The van der Waals surface area contributed by atoms with E-state index in [1.54, 1.807) is 12.1 Å². The predicted octanol–water partition coefficient (Wildman–Crippen LogP) is 3.25. The minimum atomic E-state index is -0.449. The third-order valence-corrected chi connectivity index (χ3v) is 2.93. The molecule has 0 aliphatic carbocycles. The van der Waals surface area contributed by atoms with Crippen molar-refractivity contribution in [1.82, 2.24) is 9.97 Å². The van der Waals surface area contributed by atoms with Crippen LogP contribution in [0, 0.1) is 5.82 Å². The SMILES string of the molecule is CC(C)Oc1ncnc(NCc2ccc(F)c(Cl)c2)c1N. The van der Waals surface area contributed by atoms with Crippen molar-refractivity contribution >= 4 is 23.1 Å². The Labute approximate surface area is 127 Å². The third kappa shape index (κ3) is 3.95. The van der Waals surface area contributed by atoms with Gasteiger partial charge in [0.1, 0.15) is 17.8 Å². The number of halogens is 2. The molecule has 3 N–H and O–H groups in total. The lowest BCUT2D eigenvalue weighted by molar-refractivity contribution is 0.234. The number of rotatable bonds is 5. The van der Waals surface area contributed by atoms with Crippen molar-refractivity contribution in [1.29, 1.82) is 0 Å². The molecule has 1 heterocycles. The summed E-state index contributed by atoms with van der Waals surface area (Å²) in [5, 5.41) is 3.13. The first-order valence-corrected chi connectivity index (χ1v) is 6.80. The van der Waals surface area contributed by atoms with Crippen LogP contribution in [0.1, 0.15) is 19.4 Å². The summed E-state index contributed by atoms with van der Waals surface area (Å²) in [7, 11) is 0. The molecular formula is C14H16ClFN4O. The molecule has 0 amide bonds. The van der Waals surface area contributed by atoms with Crippen LogP contribution < -0.4 is 15.8 Å². The lowest BCUT2D eigenvalue weighted by Gasteiger charge is -2.13. The molecule has 1 aromatic carbocycles. The predicted molar refractivity (Wildman–Crippen MR) is 80.9 cm³/mol. The summed E-state index contributed by atoms with van der Waals surface area (Å²) in [6.45, 7) is 4.17. The van der Waals surface area contributed by atoms with E-state index in [9.17, 15) is 4.39 Å². The Morgan fingerprint density at radius 3 is 2.81 bits per heavy atom. The molecular weight excluding hydrogens is 295 g/mol. The smallest absolute Gasteiger partial charge is 0.242 e. The molecule has 2 aromatic rings. The van der Waals surface area contributed by atoms with E-state index in [4.69, 9.17) is 22.1 Å². The van der Waals surface area contributed by atoms with Crippen molar-refractivity contribution in [3.63, 3.8) is 0 Å². The number of nitrogens with zero attached hydrogens (tertiary/aromatic N) is 2. The largest absolute Gasteiger partial charge is 0.473 e. The van der Waals surface area contributed by atoms with Crippen LogP contribution in [-0.4, -0.2) is 16.1 Å². The van der Waals surface area contributed by atoms with Crippen LogP contribution in [0.2, 0.25) is 5.02 Å². The number of ether oxygens (including phenoxy) is 1. The molecule has 0 radical (unpaired) electrons. The van der Waals surface area contributed by atoms with E-state index >= 15 is 0 Å². The number of nitrogens with two attached hydrogens (primary N) is 1. The topological polar surface area (TPSA) is 73.1 Å². The molecule has 0 saturated carbocycles. The van der Waals surface area contributed by atoms with E-state index in [1.807, 2.05) is 13.8 Å². The zero-order chi connectivity index (χ0) is 15.4. The van der Waals surface area contributed by atoms with E-state index in [-0.39, 0.29) is 11.1 Å². The van der Waals surface area contributed by atoms with Gasteiger partial charge in [0, 0.05) is 6.54 Å². The van der Waals surface area contributed by atoms with Crippen LogP contribution in [0.3, 0.4) is 0 Å². The number of nitrogens with one attached hydrogen (secondary N) is 1. The van der Waals surface area contributed by atoms with Crippen LogP contribution in [0.25, 0.3) is 0 Å². The first-order chi connectivity index (χ1) is 9.97. The van der Waals surface area contributed by atoms with E-state index in [0.717, 1.165) is 5.56 Å². The van der Waals surface area contributed by atoms with Gasteiger partial charge in [-0.25, -0.2) is 9.37 Å². The van der Waals surface area contributed by atoms with E-state index in [0.29, 0.717) is 23.9 Å². The fourth-order valence-electron chi connectivity index (χ4n) is 1.67. The standard InChI is InChI=1S/C14H16ClFN4O/c1-8(2)21-14-12(17)13(19-7-20-14)18-6-9-3-4-11(16)10(15)5-9/h3-5,7-8H,6,17H2,1-2H3,(H,18,19,20). The van der Waals surface area contributed by atoms with Crippen molar-refractivity contribution in [2.45, 2.75) is 26.5 Å². The Kier molecular flexibility index (Phi) is 4.80. The summed E-state index contributed by atoms with van der Waals surface area (Å²) in [6.07, 6.45) is 1.33. The maximum atomic E-state index is 13.1. The van der Waals surface area contributed by atoms with Gasteiger partial charge < -0.3 is 15.8 Å². The van der Waals surface area contributed by atoms with E-state index in [1.165, 1.54) is 12.4 Å². The number of aromatic nitrogens is 2. The third-order valence-electron chi connectivity index (χ3n) is 2.64. The fourth-order valence-corrected chi connectivity index (χ4v) is 1.88.